The van der Waals surface area contributed by atoms with Crippen molar-refractivity contribution in [3.63, 3.8) is 0 Å². The van der Waals surface area contributed by atoms with Crippen LogP contribution < -0.4 is 5.32 Å². The summed E-state index contributed by atoms with van der Waals surface area (Å²) in [6, 6.07) is 14.8. The van der Waals surface area contributed by atoms with Crippen molar-refractivity contribution >= 4 is 38.2 Å². The highest BCUT2D eigenvalue weighted by molar-refractivity contribution is 7.89. The Morgan fingerprint density at radius 3 is 2.33 bits per heavy atom. The van der Waals surface area contributed by atoms with Gasteiger partial charge in [0.05, 0.1) is 21.0 Å². The lowest BCUT2D eigenvalue weighted by atomic mass is 10.3. The number of hydrogen-bond acceptors (Lipinski definition) is 6. The van der Waals surface area contributed by atoms with Crippen molar-refractivity contribution in [3.8, 4) is 0 Å². The lowest BCUT2D eigenvalue weighted by Gasteiger charge is -2.33. The normalized spacial score (nSPS) is 15.1. The number of anilines is 1. The molecule has 156 valence electrons. The highest BCUT2D eigenvalue weighted by Crippen LogP contribution is 2.25. The zero-order valence-electron chi connectivity index (χ0n) is 15.9. The third-order valence-corrected chi connectivity index (χ3v) is 7.61. The predicted octanol–water partition coefficient (Wildman–Crippen LogP) is 2.74. The summed E-state index contributed by atoms with van der Waals surface area (Å²) in [6.07, 6.45) is 1.41. The van der Waals surface area contributed by atoms with E-state index in [1.807, 2.05) is 0 Å². The summed E-state index contributed by atoms with van der Waals surface area (Å²) in [6.45, 7) is 1.07. The summed E-state index contributed by atoms with van der Waals surface area (Å²) in [5.74, 6) is -0.386. The van der Waals surface area contributed by atoms with E-state index < -0.39 is 10.0 Å². The van der Waals surface area contributed by atoms with Gasteiger partial charge < -0.3 is 14.6 Å². The zero-order chi connectivity index (χ0) is 21.1. The van der Waals surface area contributed by atoms with Crippen molar-refractivity contribution in [3.05, 3.63) is 71.5 Å². The largest absolute Gasteiger partial charge is 0.459 e. The van der Waals surface area contributed by atoms with E-state index in [0.29, 0.717) is 23.0 Å². The van der Waals surface area contributed by atoms with Gasteiger partial charge >= 0.3 is 0 Å². The van der Waals surface area contributed by atoms with Gasteiger partial charge in [-0.25, -0.2) is 8.42 Å². The molecule has 3 heterocycles. The van der Waals surface area contributed by atoms with Gasteiger partial charge in [0, 0.05) is 26.2 Å². The Hall–Kier alpha value is -2.95. The van der Waals surface area contributed by atoms with E-state index in [2.05, 4.69) is 5.32 Å². The van der Waals surface area contributed by atoms with Gasteiger partial charge in [0.25, 0.3) is 11.8 Å². The summed E-state index contributed by atoms with van der Waals surface area (Å²) >= 11 is 1.17. The molecular weight excluding hydrogens is 426 g/mol. The van der Waals surface area contributed by atoms with Gasteiger partial charge in [-0.3, -0.25) is 9.59 Å². The smallest absolute Gasteiger partial charge is 0.291 e. The van der Waals surface area contributed by atoms with Gasteiger partial charge in [-0.15, -0.1) is 11.3 Å². The molecule has 10 heteroatoms. The van der Waals surface area contributed by atoms with Gasteiger partial charge in [-0.05, 0) is 36.4 Å². The van der Waals surface area contributed by atoms with Crippen molar-refractivity contribution in [1.29, 1.82) is 0 Å². The van der Waals surface area contributed by atoms with Gasteiger partial charge in [0.15, 0.2) is 5.76 Å². The topological polar surface area (TPSA) is 99.9 Å². The minimum atomic E-state index is -3.57. The standard InChI is InChI=1S/C20H19N3O5S2/c24-19(16-7-4-14-28-16)21-18-9-8-17(29-18)20(25)22-10-12-23(13-11-22)30(26,27)15-5-2-1-3-6-15/h1-9,14H,10-13H2,(H,21,24). The van der Waals surface area contributed by atoms with Gasteiger partial charge in [0.1, 0.15) is 0 Å². The van der Waals surface area contributed by atoms with Crippen LogP contribution in [0.15, 0.2) is 70.2 Å². The van der Waals surface area contributed by atoms with E-state index in [0.717, 1.165) is 0 Å². The zero-order valence-corrected chi connectivity index (χ0v) is 17.5. The number of thiophene rings is 1. The van der Waals surface area contributed by atoms with Crippen molar-refractivity contribution in [1.82, 2.24) is 9.21 Å². The van der Waals surface area contributed by atoms with E-state index in [-0.39, 0.29) is 35.6 Å². The highest BCUT2D eigenvalue weighted by Gasteiger charge is 2.30. The van der Waals surface area contributed by atoms with Crippen LogP contribution in [0.2, 0.25) is 0 Å². The molecule has 1 saturated heterocycles. The average Bonchev–Trinajstić information content (AvgIpc) is 3.46. The molecule has 1 aliphatic rings. The molecule has 1 aromatic carbocycles. The molecule has 1 aliphatic heterocycles. The Morgan fingerprint density at radius 2 is 1.67 bits per heavy atom. The second-order valence-electron chi connectivity index (χ2n) is 6.60. The minimum Gasteiger partial charge on any atom is -0.459 e. The van der Waals surface area contributed by atoms with Crippen LogP contribution in [0.25, 0.3) is 0 Å². The molecule has 0 atom stereocenters. The number of carbonyl (C=O) groups excluding carboxylic acids is 2. The summed E-state index contributed by atoms with van der Waals surface area (Å²) in [5.41, 5.74) is 0. The lowest BCUT2D eigenvalue weighted by molar-refractivity contribution is 0.0702. The fourth-order valence-corrected chi connectivity index (χ4v) is 5.44. The van der Waals surface area contributed by atoms with E-state index >= 15 is 0 Å². The van der Waals surface area contributed by atoms with Crippen molar-refractivity contribution in [2.24, 2.45) is 0 Å². The molecule has 0 aliphatic carbocycles. The summed E-state index contributed by atoms with van der Waals surface area (Å²) in [5, 5.41) is 3.23. The van der Waals surface area contributed by atoms with E-state index in [9.17, 15) is 18.0 Å². The molecule has 1 fully saturated rings. The van der Waals surface area contributed by atoms with Crippen LogP contribution >= 0.6 is 11.3 Å². The molecule has 0 bridgehead atoms. The molecule has 4 rings (SSSR count). The van der Waals surface area contributed by atoms with Crippen molar-refractivity contribution in [2.75, 3.05) is 31.5 Å². The Bertz CT molecular complexity index is 1130. The second kappa shape index (κ2) is 8.42. The Morgan fingerprint density at radius 1 is 0.933 bits per heavy atom. The number of sulfonamides is 1. The molecule has 30 heavy (non-hydrogen) atoms. The maximum Gasteiger partial charge on any atom is 0.291 e. The maximum atomic E-state index is 12.8. The van der Waals surface area contributed by atoms with Crippen molar-refractivity contribution < 1.29 is 22.4 Å². The molecule has 0 unspecified atom stereocenters. The van der Waals surface area contributed by atoms with Crippen LogP contribution in [0.4, 0.5) is 5.00 Å². The fraction of sp³-hybridized carbons (Fsp3) is 0.200. The molecule has 1 N–H and O–H groups in total. The molecule has 8 nitrogen and oxygen atoms in total. The first-order chi connectivity index (χ1) is 14.4. The van der Waals surface area contributed by atoms with E-state index in [1.165, 1.54) is 21.9 Å². The molecule has 0 spiro atoms. The first-order valence-electron chi connectivity index (χ1n) is 9.24. The van der Waals surface area contributed by atoms with Gasteiger partial charge in [0.2, 0.25) is 10.0 Å². The molecular formula is C20H19N3O5S2. The maximum absolute atomic E-state index is 12.8. The fourth-order valence-electron chi connectivity index (χ4n) is 3.13. The van der Waals surface area contributed by atoms with Gasteiger partial charge in [-0.1, -0.05) is 18.2 Å². The van der Waals surface area contributed by atoms with Crippen LogP contribution in [0.3, 0.4) is 0 Å². The summed E-state index contributed by atoms with van der Waals surface area (Å²) in [4.78, 5) is 27.2. The number of benzene rings is 1. The number of amides is 2. The number of carbonyl (C=O) groups is 2. The van der Waals surface area contributed by atoms with Crippen LogP contribution in [-0.2, 0) is 10.0 Å². The number of rotatable bonds is 5. The van der Waals surface area contributed by atoms with Crippen LogP contribution in [0, 0.1) is 0 Å². The number of nitrogens with one attached hydrogen (secondary N) is 1. The summed E-state index contributed by atoms with van der Waals surface area (Å²) in [7, 11) is -3.57. The molecule has 0 radical (unpaired) electrons. The highest BCUT2D eigenvalue weighted by atomic mass is 32.2. The first-order valence-corrected chi connectivity index (χ1v) is 11.5. The quantitative estimate of drug-likeness (QED) is 0.651. The minimum absolute atomic E-state index is 0.185. The third kappa shape index (κ3) is 4.16. The monoisotopic (exact) mass is 445 g/mol. The number of piperazine rings is 1. The SMILES string of the molecule is O=C(Nc1ccc(C(=O)N2CCN(S(=O)(=O)c3ccccc3)CC2)s1)c1ccco1. The average molecular weight is 446 g/mol. The van der Waals surface area contributed by atoms with Gasteiger partial charge in [-0.2, -0.15) is 4.31 Å². The Labute approximate surface area is 177 Å². The number of hydrogen-bond donors (Lipinski definition) is 1. The Kier molecular flexibility index (Phi) is 5.71. The van der Waals surface area contributed by atoms with E-state index in [4.69, 9.17) is 4.42 Å². The first kappa shape index (κ1) is 20.3. The molecule has 2 amide bonds. The summed E-state index contributed by atoms with van der Waals surface area (Å²) < 4.78 is 31.9. The number of nitrogens with zero attached hydrogens (tertiary/aromatic N) is 2. The van der Waals surface area contributed by atoms with Crippen LogP contribution in [-0.4, -0.2) is 55.6 Å². The third-order valence-electron chi connectivity index (χ3n) is 4.71. The second-order valence-corrected chi connectivity index (χ2v) is 9.63. The number of furan rings is 1. The van der Waals surface area contributed by atoms with Crippen LogP contribution in [0.5, 0.6) is 0 Å². The molecule has 3 aromatic rings. The molecule has 0 saturated carbocycles. The Balaban J connectivity index is 1.37. The predicted molar refractivity (Wildman–Crippen MR) is 112 cm³/mol. The van der Waals surface area contributed by atoms with E-state index in [1.54, 1.807) is 59.5 Å². The lowest BCUT2D eigenvalue weighted by Crippen LogP contribution is -2.50. The van der Waals surface area contributed by atoms with Crippen molar-refractivity contribution in [2.45, 2.75) is 4.90 Å². The molecule has 2 aromatic heterocycles. The van der Waals surface area contributed by atoms with Crippen LogP contribution in [0.1, 0.15) is 20.2 Å².